The van der Waals surface area contributed by atoms with Crippen molar-refractivity contribution < 1.29 is 4.79 Å². The second kappa shape index (κ2) is 3.88. The van der Waals surface area contributed by atoms with Gasteiger partial charge in [0.25, 0.3) is 5.91 Å². The van der Waals surface area contributed by atoms with Crippen LogP contribution in [0, 0.1) is 0 Å². The van der Waals surface area contributed by atoms with Gasteiger partial charge in [0.1, 0.15) is 0 Å². The standard InChI is InChI=1S/C7H8BrNOS/c1-2-9-7(10)5-3-6(8)11-4-5/h3-4H,2H2,1H3,(H,9,10). The zero-order valence-corrected chi connectivity index (χ0v) is 8.46. The molecule has 0 aliphatic heterocycles. The van der Waals surface area contributed by atoms with E-state index in [0.29, 0.717) is 6.54 Å². The fourth-order valence-electron chi connectivity index (χ4n) is 0.692. The summed E-state index contributed by atoms with van der Waals surface area (Å²) in [5, 5.41) is 4.55. The number of hydrogen-bond acceptors (Lipinski definition) is 2. The first-order valence-electron chi connectivity index (χ1n) is 3.26. The summed E-state index contributed by atoms with van der Waals surface area (Å²) in [6.45, 7) is 2.58. The highest BCUT2D eigenvalue weighted by Crippen LogP contribution is 2.20. The maximum atomic E-state index is 11.1. The summed E-state index contributed by atoms with van der Waals surface area (Å²) >= 11 is 4.80. The van der Waals surface area contributed by atoms with Gasteiger partial charge in [-0.2, -0.15) is 0 Å². The van der Waals surface area contributed by atoms with Crippen molar-refractivity contribution in [3.63, 3.8) is 0 Å². The van der Waals surface area contributed by atoms with E-state index in [0.717, 1.165) is 9.35 Å². The number of amides is 1. The zero-order chi connectivity index (χ0) is 8.27. The summed E-state index contributed by atoms with van der Waals surface area (Å²) in [5.41, 5.74) is 0.726. The summed E-state index contributed by atoms with van der Waals surface area (Å²) in [4.78, 5) is 11.1. The summed E-state index contributed by atoms with van der Waals surface area (Å²) in [7, 11) is 0. The van der Waals surface area contributed by atoms with E-state index in [2.05, 4.69) is 21.2 Å². The third-order valence-electron chi connectivity index (χ3n) is 1.17. The van der Waals surface area contributed by atoms with E-state index in [1.165, 1.54) is 11.3 Å². The van der Waals surface area contributed by atoms with Gasteiger partial charge in [-0.3, -0.25) is 4.79 Å². The van der Waals surface area contributed by atoms with Gasteiger partial charge in [-0.25, -0.2) is 0 Å². The summed E-state index contributed by atoms with van der Waals surface area (Å²) in [5.74, 6) is -0.00514. The van der Waals surface area contributed by atoms with Gasteiger partial charge in [0, 0.05) is 11.9 Å². The Labute approximate surface area is 77.7 Å². The highest BCUT2D eigenvalue weighted by molar-refractivity contribution is 9.11. The maximum Gasteiger partial charge on any atom is 0.252 e. The first-order valence-corrected chi connectivity index (χ1v) is 4.93. The van der Waals surface area contributed by atoms with Crippen molar-refractivity contribution in [1.29, 1.82) is 0 Å². The van der Waals surface area contributed by atoms with Crippen molar-refractivity contribution in [3.8, 4) is 0 Å². The van der Waals surface area contributed by atoms with Crippen LogP contribution < -0.4 is 5.32 Å². The first-order chi connectivity index (χ1) is 5.24. The Kier molecular flexibility index (Phi) is 3.08. The van der Waals surface area contributed by atoms with E-state index in [9.17, 15) is 4.79 Å². The van der Waals surface area contributed by atoms with Gasteiger partial charge in [-0.1, -0.05) is 0 Å². The number of carbonyl (C=O) groups is 1. The third-order valence-corrected chi connectivity index (χ3v) is 2.67. The van der Waals surface area contributed by atoms with Crippen LogP contribution in [0.2, 0.25) is 0 Å². The van der Waals surface area contributed by atoms with Crippen LogP contribution in [0.25, 0.3) is 0 Å². The molecule has 0 saturated carbocycles. The number of carbonyl (C=O) groups excluding carboxylic acids is 1. The Hall–Kier alpha value is -0.350. The van der Waals surface area contributed by atoms with Crippen molar-refractivity contribution in [2.75, 3.05) is 6.54 Å². The van der Waals surface area contributed by atoms with Crippen LogP contribution >= 0.6 is 27.3 Å². The SMILES string of the molecule is CCNC(=O)c1csc(Br)c1. The third kappa shape index (κ3) is 2.31. The number of thiophene rings is 1. The Morgan fingerprint density at radius 3 is 3.00 bits per heavy atom. The first kappa shape index (κ1) is 8.74. The van der Waals surface area contributed by atoms with Gasteiger partial charge in [0.2, 0.25) is 0 Å². The number of rotatable bonds is 2. The van der Waals surface area contributed by atoms with Crippen LogP contribution in [0.3, 0.4) is 0 Å². The van der Waals surface area contributed by atoms with Crippen LogP contribution in [-0.2, 0) is 0 Å². The van der Waals surface area contributed by atoms with Crippen LogP contribution in [0.4, 0.5) is 0 Å². The Bertz CT molecular complexity index is 259. The lowest BCUT2D eigenvalue weighted by atomic mass is 10.3. The number of nitrogens with one attached hydrogen (secondary N) is 1. The molecule has 0 bridgehead atoms. The molecule has 0 fully saturated rings. The van der Waals surface area contributed by atoms with Crippen molar-refractivity contribution in [2.45, 2.75) is 6.92 Å². The van der Waals surface area contributed by atoms with Crippen molar-refractivity contribution in [1.82, 2.24) is 5.32 Å². The summed E-state index contributed by atoms with van der Waals surface area (Å²) < 4.78 is 0.985. The quantitative estimate of drug-likeness (QED) is 0.835. The lowest BCUT2D eigenvalue weighted by Gasteiger charge is -1.96. The molecule has 1 rings (SSSR count). The minimum Gasteiger partial charge on any atom is -0.352 e. The van der Waals surface area contributed by atoms with Crippen LogP contribution in [0.5, 0.6) is 0 Å². The average molecular weight is 234 g/mol. The van der Waals surface area contributed by atoms with Gasteiger partial charge in [0.15, 0.2) is 0 Å². The van der Waals surface area contributed by atoms with Crippen LogP contribution in [0.1, 0.15) is 17.3 Å². The van der Waals surface area contributed by atoms with Crippen molar-refractivity contribution in [3.05, 3.63) is 20.8 Å². The molecule has 2 nitrogen and oxygen atoms in total. The van der Waals surface area contributed by atoms with Gasteiger partial charge >= 0.3 is 0 Å². The van der Waals surface area contributed by atoms with Crippen LogP contribution in [0.15, 0.2) is 15.2 Å². The predicted octanol–water partition coefficient (Wildman–Crippen LogP) is 2.26. The minimum atomic E-state index is -0.00514. The van der Waals surface area contributed by atoms with Crippen molar-refractivity contribution in [2.24, 2.45) is 0 Å². The minimum absolute atomic E-state index is 0.00514. The smallest absolute Gasteiger partial charge is 0.252 e. The fraction of sp³-hybridized carbons (Fsp3) is 0.286. The molecule has 1 aromatic heterocycles. The largest absolute Gasteiger partial charge is 0.352 e. The van der Waals surface area contributed by atoms with Gasteiger partial charge < -0.3 is 5.32 Å². The summed E-state index contributed by atoms with van der Waals surface area (Å²) in [6.07, 6.45) is 0. The monoisotopic (exact) mass is 233 g/mol. The molecule has 0 aliphatic carbocycles. The van der Waals surface area contributed by atoms with Gasteiger partial charge in [0.05, 0.1) is 9.35 Å². The molecule has 0 atom stereocenters. The molecule has 0 spiro atoms. The fourth-order valence-corrected chi connectivity index (χ4v) is 1.83. The number of hydrogen-bond donors (Lipinski definition) is 1. The van der Waals surface area contributed by atoms with Crippen LogP contribution in [-0.4, -0.2) is 12.5 Å². The molecule has 1 heterocycles. The van der Waals surface area contributed by atoms with E-state index < -0.39 is 0 Å². The topological polar surface area (TPSA) is 29.1 Å². The molecule has 0 aliphatic rings. The van der Waals surface area contributed by atoms with E-state index >= 15 is 0 Å². The van der Waals surface area contributed by atoms with E-state index in [-0.39, 0.29) is 5.91 Å². The molecule has 4 heteroatoms. The average Bonchev–Trinajstić information content (AvgIpc) is 2.36. The van der Waals surface area contributed by atoms with E-state index in [1.807, 2.05) is 18.4 Å². The maximum absolute atomic E-state index is 11.1. The zero-order valence-electron chi connectivity index (χ0n) is 6.06. The molecule has 1 aromatic rings. The molecule has 1 amide bonds. The second-order valence-corrected chi connectivity index (χ2v) is 4.29. The molecule has 60 valence electrons. The summed E-state index contributed by atoms with van der Waals surface area (Å²) in [6, 6.07) is 1.82. The molecule has 11 heavy (non-hydrogen) atoms. The molecule has 0 unspecified atom stereocenters. The molecule has 0 saturated heterocycles. The lowest BCUT2D eigenvalue weighted by molar-refractivity contribution is 0.0956. The Balaban J connectivity index is 2.69. The highest BCUT2D eigenvalue weighted by atomic mass is 79.9. The molecular formula is C7H8BrNOS. The molecular weight excluding hydrogens is 226 g/mol. The van der Waals surface area contributed by atoms with Gasteiger partial charge in [-0.05, 0) is 28.9 Å². The normalized spacial score (nSPS) is 9.64. The lowest BCUT2D eigenvalue weighted by Crippen LogP contribution is -2.21. The predicted molar refractivity (Wildman–Crippen MR) is 50.0 cm³/mol. The molecule has 1 N–H and O–H groups in total. The molecule has 0 radical (unpaired) electrons. The van der Waals surface area contributed by atoms with Gasteiger partial charge in [-0.15, -0.1) is 11.3 Å². The molecule has 0 aromatic carbocycles. The second-order valence-electron chi connectivity index (χ2n) is 2.00. The Morgan fingerprint density at radius 1 is 1.82 bits per heavy atom. The number of halogens is 1. The Morgan fingerprint density at radius 2 is 2.55 bits per heavy atom. The highest BCUT2D eigenvalue weighted by Gasteiger charge is 2.04. The van der Waals surface area contributed by atoms with Crippen molar-refractivity contribution >= 4 is 33.2 Å². The van der Waals surface area contributed by atoms with E-state index in [4.69, 9.17) is 0 Å². The van der Waals surface area contributed by atoms with E-state index in [1.54, 1.807) is 0 Å².